The van der Waals surface area contributed by atoms with Gasteiger partial charge in [0.05, 0.1) is 0 Å². The number of rotatable bonds is 6. The Morgan fingerprint density at radius 3 is 2.37 bits per heavy atom. The van der Waals surface area contributed by atoms with Crippen molar-refractivity contribution < 1.29 is 0 Å². The van der Waals surface area contributed by atoms with Crippen LogP contribution in [0, 0.1) is 5.41 Å². The predicted octanol–water partition coefficient (Wildman–Crippen LogP) is 6.21. The minimum Gasteiger partial charge on any atom is -0.323 e. The highest BCUT2D eigenvalue weighted by molar-refractivity contribution is 7.09. The Bertz CT molecular complexity index is 1000. The van der Waals surface area contributed by atoms with Crippen molar-refractivity contribution in [3.63, 3.8) is 0 Å². The maximum Gasteiger partial charge on any atom is 0.241 e. The molecule has 0 aliphatic heterocycles. The first kappa shape index (κ1) is 20.7. The maximum absolute atomic E-state index is 4.76. The molecule has 6 heteroatoms. The Labute approximate surface area is 182 Å². The van der Waals surface area contributed by atoms with E-state index < -0.39 is 0 Å². The minimum absolute atomic E-state index is 0.233. The third-order valence-corrected chi connectivity index (χ3v) is 6.35. The molecule has 1 unspecified atom stereocenters. The summed E-state index contributed by atoms with van der Waals surface area (Å²) >= 11 is 1.33. The number of hydrogen-bond acceptors (Lipinski definition) is 6. The average molecular weight is 420 g/mol. The van der Waals surface area contributed by atoms with Crippen molar-refractivity contribution in [1.82, 2.24) is 14.7 Å². The van der Waals surface area contributed by atoms with Gasteiger partial charge in [0.1, 0.15) is 0 Å². The van der Waals surface area contributed by atoms with Crippen molar-refractivity contribution in [3.8, 4) is 11.1 Å². The van der Waals surface area contributed by atoms with Crippen LogP contribution in [0.3, 0.4) is 0 Å². The average Bonchev–Trinajstić information content (AvgIpc) is 3.17. The first-order chi connectivity index (χ1) is 14.4. The highest BCUT2D eigenvalue weighted by atomic mass is 32.1. The van der Waals surface area contributed by atoms with Gasteiger partial charge in [0.15, 0.2) is 0 Å². The Balaban J connectivity index is 1.38. The molecule has 1 aliphatic carbocycles. The van der Waals surface area contributed by atoms with Gasteiger partial charge >= 0.3 is 0 Å². The summed E-state index contributed by atoms with van der Waals surface area (Å²) in [6.07, 6.45) is 2.16. The van der Waals surface area contributed by atoms with Crippen LogP contribution < -0.4 is 10.6 Å². The molecule has 1 fully saturated rings. The molecule has 3 aromatic rings. The second kappa shape index (κ2) is 8.66. The predicted molar refractivity (Wildman–Crippen MR) is 127 cm³/mol. The summed E-state index contributed by atoms with van der Waals surface area (Å²) in [7, 11) is 0. The first-order valence-corrected chi connectivity index (χ1v) is 11.3. The van der Waals surface area contributed by atoms with Crippen LogP contribution in [0.2, 0.25) is 0 Å². The van der Waals surface area contributed by atoms with Gasteiger partial charge in [0.25, 0.3) is 0 Å². The van der Waals surface area contributed by atoms with Gasteiger partial charge in [-0.1, -0.05) is 63.2 Å². The molecular formula is C24H29N5S. The van der Waals surface area contributed by atoms with Gasteiger partial charge < -0.3 is 10.6 Å². The van der Waals surface area contributed by atoms with Crippen LogP contribution in [0.25, 0.3) is 11.1 Å². The molecule has 1 aliphatic rings. The van der Waals surface area contributed by atoms with Gasteiger partial charge in [0, 0.05) is 35.0 Å². The van der Waals surface area contributed by atoms with Crippen molar-refractivity contribution in [2.75, 3.05) is 5.32 Å². The zero-order chi connectivity index (χ0) is 21.1. The van der Waals surface area contributed by atoms with Crippen LogP contribution in [0.1, 0.15) is 40.5 Å². The largest absolute Gasteiger partial charge is 0.323 e. The van der Waals surface area contributed by atoms with Gasteiger partial charge in [-0.15, -0.1) is 0 Å². The van der Waals surface area contributed by atoms with E-state index in [1.54, 1.807) is 0 Å². The first-order valence-electron chi connectivity index (χ1n) is 10.5. The molecule has 0 amide bonds. The molecule has 4 rings (SSSR count). The summed E-state index contributed by atoms with van der Waals surface area (Å²) in [5.74, 6) is 0.596. The molecule has 0 saturated heterocycles. The number of anilines is 2. The van der Waals surface area contributed by atoms with Crippen LogP contribution in [0.15, 0.2) is 59.6 Å². The summed E-state index contributed by atoms with van der Waals surface area (Å²) in [5.41, 5.74) is 4.78. The van der Waals surface area contributed by atoms with E-state index in [1.165, 1.54) is 28.4 Å². The van der Waals surface area contributed by atoms with Crippen molar-refractivity contribution in [2.24, 2.45) is 10.4 Å². The van der Waals surface area contributed by atoms with Gasteiger partial charge in [-0.05, 0) is 48.4 Å². The zero-order valence-corrected chi connectivity index (χ0v) is 18.8. The van der Waals surface area contributed by atoms with E-state index in [0.717, 1.165) is 18.5 Å². The summed E-state index contributed by atoms with van der Waals surface area (Å²) in [5, 5.41) is 7.69. The van der Waals surface area contributed by atoms with Crippen molar-refractivity contribution in [1.29, 1.82) is 0 Å². The van der Waals surface area contributed by atoms with Gasteiger partial charge in [0.2, 0.25) is 11.1 Å². The summed E-state index contributed by atoms with van der Waals surface area (Å²) in [6.45, 7) is 9.02. The molecule has 1 heterocycles. The Hall–Kier alpha value is -2.57. The van der Waals surface area contributed by atoms with Crippen LogP contribution in [-0.4, -0.2) is 27.2 Å². The molecule has 5 nitrogen and oxygen atoms in total. The second-order valence-corrected chi connectivity index (χ2v) is 9.65. The van der Waals surface area contributed by atoms with Crippen LogP contribution in [0.5, 0.6) is 0 Å². The lowest BCUT2D eigenvalue weighted by molar-refractivity contribution is 0.268. The van der Waals surface area contributed by atoms with Crippen LogP contribution >= 0.6 is 11.5 Å². The molecule has 0 bridgehead atoms. The number of benzene rings is 2. The number of hydrogen-bond donors (Lipinski definition) is 2. The molecule has 2 N–H and O–H groups in total. The molecule has 1 saturated carbocycles. The zero-order valence-electron chi connectivity index (χ0n) is 18.0. The van der Waals surface area contributed by atoms with E-state index >= 15 is 0 Å². The SMILES string of the molecule is C[C@H](NC1CCC1=Nc1nc(Nc2ccc(-c3ccccc3)cc2)ns1)C(C)(C)C. The van der Waals surface area contributed by atoms with Gasteiger partial charge in [-0.25, -0.2) is 4.99 Å². The fraction of sp³-hybridized carbons (Fsp3) is 0.375. The number of aliphatic imine (C=N–C) groups is 1. The van der Waals surface area contributed by atoms with E-state index in [1.807, 2.05) is 6.07 Å². The molecule has 0 spiro atoms. The Kier molecular flexibility index (Phi) is 5.97. The Morgan fingerprint density at radius 2 is 1.73 bits per heavy atom. The summed E-state index contributed by atoms with van der Waals surface area (Å²) in [4.78, 5) is 9.31. The fourth-order valence-corrected chi connectivity index (χ4v) is 3.76. The van der Waals surface area contributed by atoms with E-state index in [-0.39, 0.29) is 5.41 Å². The number of nitrogens with zero attached hydrogens (tertiary/aromatic N) is 3. The summed E-state index contributed by atoms with van der Waals surface area (Å²) in [6, 6.07) is 19.4. The number of nitrogens with one attached hydrogen (secondary N) is 2. The number of aromatic nitrogens is 2. The molecule has 30 heavy (non-hydrogen) atoms. The van der Waals surface area contributed by atoms with Crippen LogP contribution in [0.4, 0.5) is 16.8 Å². The summed E-state index contributed by atoms with van der Waals surface area (Å²) < 4.78 is 4.42. The molecule has 156 valence electrons. The van der Waals surface area contributed by atoms with Gasteiger partial charge in [-0.2, -0.15) is 9.36 Å². The second-order valence-electron chi connectivity index (χ2n) is 8.92. The quantitative estimate of drug-likeness (QED) is 0.499. The molecular weight excluding hydrogens is 390 g/mol. The molecule has 2 aromatic carbocycles. The lowest BCUT2D eigenvalue weighted by Gasteiger charge is -2.37. The maximum atomic E-state index is 4.76. The van der Waals surface area contributed by atoms with Crippen LogP contribution in [-0.2, 0) is 0 Å². The highest BCUT2D eigenvalue weighted by Gasteiger charge is 2.31. The smallest absolute Gasteiger partial charge is 0.241 e. The third kappa shape index (κ3) is 4.94. The molecule has 0 radical (unpaired) electrons. The minimum atomic E-state index is 0.233. The standard InChI is InChI=1S/C24H29N5S/c1-16(24(2,3)4)25-20-14-15-21(20)27-23-28-22(29-30-23)26-19-12-10-18(11-13-19)17-8-6-5-7-9-17/h5-13,16,20,25H,14-15H2,1-4H3,(H,26,29)/t16-,20?/m0/s1. The van der Waals surface area contributed by atoms with Gasteiger partial charge in [-0.3, -0.25) is 0 Å². The van der Waals surface area contributed by atoms with E-state index in [2.05, 4.69) is 96.2 Å². The third-order valence-electron chi connectivity index (χ3n) is 5.74. The van der Waals surface area contributed by atoms with Crippen molar-refractivity contribution in [2.45, 2.75) is 52.6 Å². The van der Waals surface area contributed by atoms with E-state index in [4.69, 9.17) is 4.99 Å². The highest BCUT2D eigenvalue weighted by Crippen LogP contribution is 2.28. The monoisotopic (exact) mass is 419 g/mol. The van der Waals surface area contributed by atoms with E-state index in [0.29, 0.717) is 23.2 Å². The lowest BCUT2D eigenvalue weighted by Crippen LogP contribution is -2.52. The lowest BCUT2D eigenvalue weighted by atomic mass is 9.84. The van der Waals surface area contributed by atoms with Crippen molar-refractivity contribution >= 4 is 34.0 Å². The van der Waals surface area contributed by atoms with Crippen molar-refractivity contribution in [3.05, 3.63) is 54.6 Å². The Morgan fingerprint density at radius 1 is 1.03 bits per heavy atom. The fourth-order valence-electron chi connectivity index (χ4n) is 3.22. The molecule has 1 aromatic heterocycles. The normalized spacial score (nSPS) is 18.8. The van der Waals surface area contributed by atoms with E-state index in [9.17, 15) is 0 Å². The molecule has 2 atom stereocenters. The topological polar surface area (TPSA) is 62.2 Å².